The molecule has 6 nitrogen and oxygen atoms in total. The first kappa shape index (κ1) is 15.8. The highest BCUT2D eigenvalue weighted by atomic mass is 16.5. The van der Waals surface area contributed by atoms with E-state index >= 15 is 0 Å². The second kappa shape index (κ2) is 6.58. The Bertz CT molecular complexity index is 611. The number of methoxy groups -OCH3 is 1. The molecule has 1 aromatic rings. The van der Waals surface area contributed by atoms with Crippen LogP contribution in [-0.4, -0.2) is 50.1 Å². The molecule has 23 heavy (non-hydrogen) atoms. The summed E-state index contributed by atoms with van der Waals surface area (Å²) in [6.07, 6.45) is 0.621. The van der Waals surface area contributed by atoms with Crippen LogP contribution in [0.4, 0.5) is 5.69 Å². The number of aryl methyl sites for hydroxylation is 1. The van der Waals surface area contributed by atoms with Crippen molar-refractivity contribution in [2.24, 2.45) is 11.8 Å². The lowest BCUT2D eigenvalue weighted by Crippen LogP contribution is -2.42. The molecule has 1 aliphatic carbocycles. The molecule has 1 saturated heterocycles. The van der Waals surface area contributed by atoms with E-state index in [1.807, 2.05) is 25.1 Å². The van der Waals surface area contributed by atoms with Crippen LogP contribution in [0, 0.1) is 18.8 Å². The van der Waals surface area contributed by atoms with E-state index in [0.29, 0.717) is 44.2 Å². The number of anilines is 1. The summed E-state index contributed by atoms with van der Waals surface area (Å²) in [5, 5.41) is 2.89. The average molecular weight is 318 g/mol. The maximum atomic E-state index is 12.4. The Kier molecular flexibility index (Phi) is 4.52. The molecule has 6 heteroatoms. The Morgan fingerprint density at radius 3 is 2.70 bits per heavy atom. The minimum Gasteiger partial charge on any atom is -0.495 e. The van der Waals surface area contributed by atoms with Crippen molar-refractivity contribution in [3.8, 4) is 5.75 Å². The zero-order chi connectivity index (χ0) is 16.4. The van der Waals surface area contributed by atoms with Crippen molar-refractivity contribution < 1.29 is 19.1 Å². The fourth-order valence-corrected chi connectivity index (χ4v) is 2.92. The van der Waals surface area contributed by atoms with Crippen LogP contribution < -0.4 is 10.1 Å². The third-order valence-electron chi connectivity index (χ3n) is 4.38. The number of amides is 2. The Balaban J connectivity index is 1.60. The van der Waals surface area contributed by atoms with E-state index in [9.17, 15) is 9.59 Å². The van der Waals surface area contributed by atoms with E-state index < -0.39 is 0 Å². The monoisotopic (exact) mass is 318 g/mol. The minimum atomic E-state index is -0.240. The van der Waals surface area contributed by atoms with E-state index in [1.54, 1.807) is 12.0 Å². The van der Waals surface area contributed by atoms with Crippen LogP contribution in [0.1, 0.15) is 12.0 Å². The molecule has 1 heterocycles. The van der Waals surface area contributed by atoms with Gasteiger partial charge >= 0.3 is 0 Å². The number of benzene rings is 1. The van der Waals surface area contributed by atoms with Gasteiger partial charge < -0.3 is 19.7 Å². The molecular formula is C17H22N2O4. The predicted molar refractivity (Wildman–Crippen MR) is 85.4 cm³/mol. The molecule has 0 spiro atoms. The summed E-state index contributed by atoms with van der Waals surface area (Å²) < 4.78 is 10.5. The lowest BCUT2D eigenvalue weighted by atomic mass is 10.2. The summed E-state index contributed by atoms with van der Waals surface area (Å²) in [5.41, 5.74) is 1.69. The van der Waals surface area contributed by atoms with Crippen LogP contribution in [0.15, 0.2) is 18.2 Å². The number of ether oxygens (including phenoxy) is 2. The van der Waals surface area contributed by atoms with Crippen LogP contribution in [0.5, 0.6) is 5.75 Å². The smallest absolute Gasteiger partial charge is 0.228 e. The number of carbonyl (C=O) groups is 2. The van der Waals surface area contributed by atoms with Gasteiger partial charge in [-0.05, 0) is 31.0 Å². The maximum absolute atomic E-state index is 12.4. The highest BCUT2D eigenvalue weighted by molar-refractivity contribution is 6.00. The zero-order valence-electron chi connectivity index (χ0n) is 13.5. The summed E-state index contributed by atoms with van der Waals surface area (Å²) in [6, 6.07) is 5.63. The van der Waals surface area contributed by atoms with Crippen LogP contribution in [-0.2, 0) is 14.3 Å². The minimum absolute atomic E-state index is 0.0738. The first-order chi connectivity index (χ1) is 11.1. The SMILES string of the molecule is COc1ccc(C)cc1NC(=O)C1CC1C(=O)N1CCOCC1. The van der Waals surface area contributed by atoms with Gasteiger partial charge in [-0.2, -0.15) is 0 Å². The van der Waals surface area contributed by atoms with Crippen molar-refractivity contribution in [3.05, 3.63) is 23.8 Å². The van der Waals surface area contributed by atoms with E-state index in [-0.39, 0.29) is 23.7 Å². The van der Waals surface area contributed by atoms with E-state index in [4.69, 9.17) is 9.47 Å². The van der Waals surface area contributed by atoms with Gasteiger partial charge in [-0.1, -0.05) is 6.07 Å². The highest BCUT2D eigenvalue weighted by Crippen LogP contribution is 2.41. The van der Waals surface area contributed by atoms with E-state index in [2.05, 4.69) is 5.32 Å². The summed E-state index contributed by atoms with van der Waals surface area (Å²) in [5.74, 6) is 0.158. The lowest BCUT2D eigenvalue weighted by molar-refractivity contribution is -0.137. The topological polar surface area (TPSA) is 67.9 Å². The van der Waals surface area contributed by atoms with E-state index in [1.165, 1.54) is 0 Å². The van der Waals surface area contributed by atoms with Gasteiger partial charge in [-0.25, -0.2) is 0 Å². The van der Waals surface area contributed by atoms with Gasteiger partial charge in [-0.3, -0.25) is 9.59 Å². The van der Waals surface area contributed by atoms with Crippen LogP contribution in [0.2, 0.25) is 0 Å². The maximum Gasteiger partial charge on any atom is 0.228 e. The van der Waals surface area contributed by atoms with Crippen molar-refractivity contribution in [1.29, 1.82) is 0 Å². The Labute approximate surface area is 135 Å². The van der Waals surface area contributed by atoms with Gasteiger partial charge in [0.1, 0.15) is 5.75 Å². The van der Waals surface area contributed by atoms with Gasteiger partial charge in [0.2, 0.25) is 11.8 Å². The fraction of sp³-hybridized carbons (Fsp3) is 0.529. The molecule has 1 aliphatic heterocycles. The molecule has 124 valence electrons. The van der Waals surface area contributed by atoms with Gasteiger partial charge in [-0.15, -0.1) is 0 Å². The number of nitrogens with one attached hydrogen (secondary N) is 1. The molecule has 3 rings (SSSR count). The number of nitrogens with zero attached hydrogens (tertiary/aromatic N) is 1. The largest absolute Gasteiger partial charge is 0.495 e. The molecule has 2 fully saturated rings. The van der Waals surface area contributed by atoms with Crippen molar-refractivity contribution in [1.82, 2.24) is 4.90 Å². The molecule has 1 N–H and O–H groups in total. The molecule has 1 aromatic carbocycles. The van der Waals surface area contributed by atoms with Gasteiger partial charge in [0.15, 0.2) is 0 Å². The molecule has 2 aliphatic rings. The first-order valence-electron chi connectivity index (χ1n) is 7.92. The number of rotatable bonds is 4. The van der Waals surface area contributed by atoms with Crippen LogP contribution in [0.25, 0.3) is 0 Å². The third-order valence-corrected chi connectivity index (χ3v) is 4.38. The Hall–Kier alpha value is -2.08. The Morgan fingerprint density at radius 1 is 1.26 bits per heavy atom. The zero-order valence-corrected chi connectivity index (χ0v) is 13.5. The molecule has 0 bridgehead atoms. The van der Waals surface area contributed by atoms with Gasteiger partial charge in [0.25, 0.3) is 0 Å². The summed E-state index contributed by atoms with van der Waals surface area (Å²) >= 11 is 0. The first-order valence-corrected chi connectivity index (χ1v) is 7.92. The number of hydrogen-bond donors (Lipinski definition) is 1. The molecule has 2 unspecified atom stereocenters. The van der Waals surface area contributed by atoms with Crippen molar-refractivity contribution in [2.75, 3.05) is 38.7 Å². The number of morpholine rings is 1. The van der Waals surface area contributed by atoms with Crippen LogP contribution in [0.3, 0.4) is 0 Å². The summed E-state index contributed by atoms with van der Waals surface area (Å²) in [7, 11) is 1.57. The molecule has 2 amide bonds. The van der Waals surface area contributed by atoms with Crippen molar-refractivity contribution >= 4 is 17.5 Å². The summed E-state index contributed by atoms with van der Waals surface area (Å²) in [4.78, 5) is 26.6. The van der Waals surface area contributed by atoms with Crippen molar-refractivity contribution in [2.45, 2.75) is 13.3 Å². The lowest BCUT2D eigenvalue weighted by Gasteiger charge is -2.27. The molecule has 2 atom stereocenters. The number of hydrogen-bond acceptors (Lipinski definition) is 4. The quantitative estimate of drug-likeness (QED) is 0.912. The van der Waals surface area contributed by atoms with Gasteiger partial charge in [0.05, 0.1) is 37.8 Å². The molecular weight excluding hydrogens is 296 g/mol. The third kappa shape index (κ3) is 3.47. The molecule has 1 saturated carbocycles. The second-order valence-corrected chi connectivity index (χ2v) is 6.08. The molecule has 0 aromatic heterocycles. The second-order valence-electron chi connectivity index (χ2n) is 6.08. The average Bonchev–Trinajstić information content (AvgIpc) is 3.36. The highest BCUT2D eigenvalue weighted by Gasteiger charge is 2.49. The van der Waals surface area contributed by atoms with Crippen molar-refractivity contribution in [3.63, 3.8) is 0 Å². The molecule has 0 radical (unpaired) electrons. The normalized spacial score (nSPS) is 23.3. The Morgan fingerprint density at radius 2 is 2.00 bits per heavy atom. The predicted octanol–water partition coefficient (Wildman–Crippen LogP) is 1.44. The van der Waals surface area contributed by atoms with Gasteiger partial charge in [0, 0.05) is 13.1 Å². The van der Waals surface area contributed by atoms with E-state index in [0.717, 1.165) is 5.56 Å². The van der Waals surface area contributed by atoms with Crippen LogP contribution >= 0.6 is 0 Å². The standard InChI is InChI=1S/C17H22N2O4/c1-11-3-4-15(22-2)14(9-11)18-16(20)12-10-13(12)17(21)19-5-7-23-8-6-19/h3-4,9,12-13H,5-8,10H2,1-2H3,(H,18,20). The fourth-order valence-electron chi connectivity index (χ4n) is 2.92. The summed E-state index contributed by atoms with van der Waals surface area (Å²) in [6.45, 7) is 4.35. The number of carbonyl (C=O) groups excluding carboxylic acids is 2.